The summed E-state index contributed by atoms with van der Waals surface area (Å²) < 4.78 is 5.28. The van der Waals surface area contributed by atoms with Crippen LogP contribution < -0.4 is 4.74 Å². The van der Waals surface area contributed by atoms with Gasteiger partial charge >= 0.3 is 0 Å². The van der Waals surface area contributed by atoms with E-state index in [1.54, 1.807) is 13.2 Å². The van der Waals surface area contributed by atoms with E-state index in [2.05, 4.69) is 18.2 Å². The van der Waals surface area contributed by atoms with Crippen molar-refractivity contribution in [1.82, 2.24) is 0 Å². The summed E-state index contributed by atoms with van der Waals surface area (Å²) >= 11 is 0. The van der Waals surface area contributed by atoms with Gasteiger partial charge in [-0.05, 0) is 30.2 Å². The average Bonchev–Trinajstić information content (AvgIpc) is 2.48. The van der Waals surface area contributed by atoms with Gasteiger partial charge in [-0.2, -0.15) is 0 Å². The number of aldehydes is 1. The zero-order valence-electron chi connectivity index (χ0n) is 10.9. The van der Waals surface area contributed by atoms with E-state index in [0.29, 0.717) is 5.56 Å². The molecule has 2 nitrogen and oxygen atoms in total. The minimum atomic E-state index is 0.653. The first-order valence-electron chi connectivity index (χ1n) is 6.17. The molecule has 0 spiro atoms. The first kappa shape index (κ1) is 13.1. The predicted molar refractivity (Wildman–Crippen MR) is 77.6 cm³/mol. The maximum Gasteiger partial charge on any atom is 0.150 e. The smallest absolute Gasteiger partial charge is 0.150 e. The molecule has 0 N–H and O–H groups in total. The van der Waals surface area contributed by atoms with Crippen LogP contribution in [0, 0.1) is 0 Å². The predicted octanol–water partition coefficient (Wildman–Crippen LogP) is 3.76. The zero-order chi connectivity index (χ0) is 13.5. The summed E-state index contributed by atoms with van der Waals surface area (Å²) in [6.07, 6.45) is 5.75. The SMILES string of the molecule is COc1ccc(C=O)cc1/C=C/Cc1ccccc1. The van der Waals surface area contributed by atoms with E-state index in [9.17, 15) is 4.79 Å². The highest BCUT2D eigenvalue weighted by molar-refractivity contribution is 5.77. The molecule has 0 amide bonds. The van der Waals surface area contributed by atoms with Crippen molar-refractivity contribution in [2.75, 3.05) is 7.11 Å². The number of rotatable bonds is 5. The molecule has 0 heterocycles. The summed E-state index contributed by atoms with van der Waals surface area (Å²) in [5.74, 6) is 0.773. The molecule has 2 heteroatoms. The normalized spacial score (nSPS) is 10.6. The minimum Gasteiger partial charge on any atom is -0.496 e. The van der Waals surface area contributed by atoms with Crippen LogP contribution in [0.15, 0.2) is 54.6 Å². The molecule has 0 aromatic heterocycles. The number of hydrogen-bond donors (Lipinski definition) is 0. The summed E-state index contributed by atoms with van der Waals surface area (Å²) in [4.78, 5) is 10.8. The summed E-state index contributed by atoms with van der Waals surface area (Å²) in [6.45, 7) is 0. The molecule has 2 rings (SSSR count). The molecule has 2 aromatic rings. The molecule has 19 heavy (non-hydrogen) atoms. The van der Waals surface area contributed by atoms with Crippen LogP contribution in [0.25, 0.3) is 6.08 Å². The van der Waals surface area contributed by atoms with Crippen LogP contribution in [0.3, 0.4) is 0 Å². The van der Waals surface area contributed by atoms with Crippen molar-refractivity contribution >= 4 is 12.4 Å². The van der Waals surface area contributed by atoms with Gasteiger partial charge < -0.3 is 4.74 Å². The van der Waals surface area contributed by atoms with E-state index >= 15 is 0 Å². The molecular formula is C17H16O2. The molecule has 96 valence electrons. The molecule has 0 aliphatic heterocycles. The highest BCUT2D eigenvalue weighted by Gasteiger charge is 2.00. The van der Waals surface area contributed by atoms with Crippen LogP contribution in [-0.2, 0) is 6.42 Å². The summed E-state index contributed by atoms with van der Waals surface area (Å²) in [5, 5.41) is 0. The van der Waals surface area contributed by atoms with Gasteiger partial charge in [0.15, 0.2) is 0 Å². The van der Waals surface area contributed by atoms with Crippen molar-refractivity contribution in [2.45, 2.75) is 6.42 Å². The molecule has 0 fully saturated rings. The molecule has 0 saturated carbocycles. The Hall–Kier alpha value is -2.35. The Kier molecular flexibility index (Phi) is 4.51. The molecule has 0 bridgehead atoms. The number of allylic oxidation sites excluding steroid dienone is 1. The van der Waals surface area contributed by atoms with E-state index in [0.717, 1.165) is 24.0 Å². The second-order valence-electron chi connectivity index (χ2n) is 4.21. The van der Waals surface area contributed by atoms with E-state index in [1.165, 1.54) is 5.56 Å². The van der Waals surface area contributed by atoms with Crippen LogP contribution in [0.2, 0.25) is 0 Å². The average molecular weight is 252 g/mol. The number of benzene rings is 2. The molecule has 0 aliphatic rings. The van der Waals surface area contributed by atoms with Crippen LogP contribution in [0.5, 0.6) is 5.75 Å². The quantitative estimate of drug-likeness (QED) is 0.757. The van der Waals surface area contributed by atoms with Gasteiger partial charge in [0.05, 0.1) is 7.11 Å². The first-order valence-corrected chi connectivity index (χ1v) is 6.17. The summed E-state index contributed by atoms with van der Waals surface area (Å²) in [5.41, 5.74) is 2.83. The number of carbonyl (C=O) groups is 1. The molecule has 2 aromatic carbocycles. The third kappa shape index (κ3) is 3.55. The number of carbonyl (C=O) groups excluding carboxylic acids is 1. The van der Waals surface area contributed by atoms with Crippen molar-refractivity contribution in [3.63, 3.8) is 0 Å². The van der Waals surface area contributed by atoms with Crippen molar-refractivity contribution < 1.29 is 9.53 Å². The standard InChI is InChI=1S/C17H16O2/c1-19-17-11-10-15(13-18)12-16(17)9-5-8-14-6-3-2-4-7-14/h2-7,9-13H,8H2,1H3/b9-5+. The molecule has 0 atom stereocenters. The van der Waals surface area contributed by atoms with E-state index < -0.39 is 0 Å². The van der Waals surface area contributed by atoms with Gasteiger partial charge in [0.1, 0.15) is 12.0 Å². The lowest BCUT2D eigenvalue weighted by atomic mass is 10.1. The fourth-order valence-corrected chi connectivity index (χ4v) is 1.89. The Morgan fingerprint density at radius 1 is 1.11 bits per heavy atom. The lowest BCUT2D eigenvalue weighted by molar-refractivity contribution is 0.112. The van der Waals surface area contributed by atoms with Crippen molar-refractivity contribution in [2.24, 2.45) is 0 Å². The van der Waals surface area contributed by atoms with Gasteiger partial charge in [-0.1, -0.05) is 42.5 Å². The largest absolute Gasteiger partial charge is 0.496 e. The third-order valence-corrected chi connectivity index (χ3v) is 2.88. The Bertz CT molecular complexity index is 571. The van der Waals surface area contributed by atoms with Gasteiger partial charge in [-0.25, -0.2) is 0 Å². The fraction of sp³-hybridized carbons (Fsp3) is 0.118. The maximum atomic E-state index is 10.8. The topological polar surface area (TPSA) is 26.3 Å². The number of ether oxygens (including phenoxy) is 1. The van der Waals surface area contributed by atoms with Gasteiger partial charge in [0.2, 0.25) is 0 Å². The van der Waals surface area contributed by atoms with Gasteiger partial charge in [-0.15, -0.1) is 0 Å². The lowest BCUT2D eigenvalue weighted by Crippen LogP contribution is -1.89. The van der Waals surface area contributed by atoms with Gasteiger partial charge in [0.25, 0.3) is 0 Å². The van der Waals surface area contributed by atoms with E-state index in [-0.39, 0.29) is 0 Å². The zero-order valence-corrected chi connectivity index (χ0v) is 10.9. The second-order valence-corrected chi connectivity index (χ2v) is 4.21. The third-order valence-electron chi connectivity index (χ3n) is 2.88. The van der Waals surface area contributed by atoms with Crippen LogP contribution in [-0.4, -0.2) is 13.4 Å². The Morgan fingerprint density at radius 3 is 2.58 bits per heavy atom. The minimum absolute atomic E-state index is 0.653. The fourth-order valence-electron chi connectivity index (χ4n) is 1.89. The molecule has 0 saturated heterocycles. The highest BCUT2D eigenvalue weighted by Crippen LogP contribution is 2.21. The van der Waals surface area contributed by atoms with Gasteiger partial charge in [-0.3, -0.25) is 4.79 Å². The monoisotopic (exact) mass is 252 g/mol. The summed E-state index contributed by atoms with van der Waals surface area (Å²) in [7, 11) is 1.63. The maximum absolute atomic E-state index is 10.8. The van der Waals surface area contributed by atoms with Crippen LogP contribution in [0.4, 0.5) is 0 Å². The highest BCUT2D eigenvalue weighted by atomic mass is 16.5. The van der Waals surface area contributed by atoms with Crippen molar-refractivity contribution in [3.8, 4) is 5.75 Å². The molecule has 0 radical (unpaired) electrons. The lowest BCUT2D eigenvalue weighted by Gasteiger charge is -2.05. The number of hydrogen-bond acceptors (Lipinski definition) is 2. The molecular weight excluding hydrogens is 236 g/mol. The molecule has 0 unspecified atom stereocenters. The van der Waals surface area contributed by atoms with E-state index in [1.807, 2.05) is 36.4 Å². The van der Waals surface area contributed by atoms with Crippen molar-refractivity contribution in [1.29, 1.82) is 0 Å². The Labute approximate surface area is 113 Å². The van der Waals surface area contributed by atoms with Crippen molar-refractivity contribution in [3.05, 3.63) is 71.3 Å². The molecule has 0 aliphatic carbocycles. The van der Waals surface area contributed by atoms with E-state index in [4.69, 9.17) is 4.74 Å². The summed E-state index contributed by atoms with van der Waals surface area (Å²) in [6, 6.07) is 15.6. The number of methoxy groups -OCH3 is 1. The Balaban J connectivity index is 2.15. The first-order chi connectivity index (χ1) is 9.33. The Morgan fingerprint density at radius 2 is 1.89 bits per heavy atom. The van der Waals surface area contributed by atoms with Crippen LogP contribution >= 0.6 is 0 Å². The van der Waals surface area contributed by atoms with Crippen LogP contribution in [0.1, 0.15) is 21.5 Å². The second kappa shape index (κ2) is 6.55. The van der Waals surface area contributed by atoms with Gasteiger partial charge in [0, 0.05) is 11.1 Å².